The number of halogens is 1. The van der Waals surface area contributed by atoms with Crippen LogP contribution in [0, 0.1) is 5.92 Å². The summed E-state index contributed by atoms with van der Waals surface area (Å²) in [6, 6.07) is 8.14. The molecule has 1 N–H and O–H groups in total. The Morgan fingerprint density at radius 1 is 1.38 bits per heavy atom. The van der Waals surface area contributed by atoms with Crippen LogP contribution >= 0.6 is 11.6 Å². The topological polar surface area (TPSA) is 12.0 Å². The lowest BCUT2D eigenvalue weighted by molar-refractivity contribution is 0.580. The van der Waals surface area contributed by atoms with Gasteiger partial charge >= 0.3 is 0 Å². The average Bonchev–Trinajstić information content (AvgIpc) is 2.61. The van der Waals surface area contributed by atoms with Crippen molar-refractivity contribution in [2.75, 3.05) is 13.1 Å². The van der Waals surface area contributed by atoms with Gasteiger partial charge in [0, 0.05) is 5.02 Å². The molecular formula is C11H14ClN. The molecule has 70 valence electrons. The van der Waals surface area contributed by atoms with Crippen LogP contribution in [0.3, 0.4) is 0 Å². The Hall–Kier alpha value is -0.530. The second-order valence-corrected chi connectivity index (χ2v) is 4.06. The largest absolute Gasteiger partial charge is 0.316 e. The normalized spacial score (nSPS) is 22.1. The molecule has 1 atom stereocenters. The van der Waals surface area contributed by atoms with Gasteiger partial charge in [-0.3, -0.25) is 0 Å². The van der Waals surface area contributed by atoms with Crippen molar-refractivity contribution in [2.24, 2.45) is 5.92 Å². The van der Waals surface area contributed by atoms with Crippen LogP contribution in [-0.2, 0) is 6.42 Å². The second-order valence-electron chi connectivity index (χ2n) is 3.65. The molecule has 0 amide bonds. The van der Waals surface area contributed by atoms with Crippen molar-refractivity contribution >= 4 is 11.6 Å². The van der Waals surface area contributed by atoms with Gasteiger partial charge in [0.25, 0.3) is 0 Å². The van der Waals surface area contributed by atoms with Crippen molar-refractivity contribution in [3.63, 3.8) is 0 Å². The minimum absolute atomic E-state index is 0.778. The standard InChI is InChI=1S/C11H14ClN/c12-11-4-2-1-3-10(11)7-9-5-6-13-8-9/h1-4,9,13H,5-8H2. The SMILES string of the molecule is Clc1ccccc1CC1CCNC1. The third-order valence-electron chi connectivity index (χ3n) is 2.63. The highest BCUT2D eigenvalue weighted by molar-refractivity contribution is 6.31. The van der Waals surface area contributed by atoms with E-state index in [0.29, 0.717) is 0 Å². The molecule has 0 spiro atoms. The smallest absolute Gasteiger partial charge is 0.0438 e. The molecule has 0 bridgehead atoms. The summed E-state index contributed by atoms with van der Waals surface area (Å²) in [5.41, 5.74) is 1.29. The molecule has 1 aromatic rings. The van der Waals surface area contributed by atoms with Gasteiger partial charge in [0.1, 0.15) is 0 Å². The number of hydrogen-bond acceptors (Lipinski definition) is 1. The van der Waals surface area contributed by atoms with Crippen LogP contribution in [0.1, 0.15) is 12.0 Å². The molecule has 0 radical (unpaired) electrons. The number of rotatable bonds is 2. The van der Waals surface area contributed by atoms with Crippen molar-refractivity contribution in [2.45, 2.75) is 12.8 Å². The van der Waals surface area contributed by atoms with E-state index in [4.69, 9.17) is 11.6 Å². The van der Waals surface area contributed by atoms with Crippen LogP contribution in [-0.4, -0.2) is 13.1 Å². The first-order chi connectivity index (χ1) is 6.36. The first kappa shape index (κ1) is 9.04. The molecule has 0 aliphatic carbocycles. The molecule has 1 unspecified atom stereocenters. The molecule has 2 rings (SSSR count). The van der Waals surface area contributed by atoms with Crippen LogP contribution < -0.4 is 5.32 Å². The summed E-state index contributed by atoms with van der Waals surface area (Å²) >= 11 is 6.08. The summed E-state index contributed by atoms with van der Waals surface area (Å²) in [6.45, 7) is 2.31. The van der Waals surface area contributed by atoms with Gasteiger partial charge < -0.3 is 5.32 Å². The van der Waals surface area contributed by atoms with E-state index in [0.717, 1.165) is 30.5 Å². The quantitative estimate of drug-likeness (QED) is 0.765. The molecule has 1 fully saturated rings. The van der Waals surface area contributed by atoms with Crippen molar-refractivity contribution < 1.29 is 0 Å². The minimum atomic E-state index is 0.778. The Bertz CT molecular complexity index is 279. The lowest BCUT2D eigenvalue weighted by Crippen LogP contribution is -2.10. The van der Waals surface area contributed by atoms with Gasteiger partial charge in [-0.05, 0) is 43.5 Å². The molecular weight excluding hydrogens is 182 g/mol. The first-order valence-electron chi connectivity index (χ1n) is 4.80. The number of hydrogen-bond donors (Lipinski definition) is 1. The Morgan fingerprint density at radius 3 is 2.92 bits per heavy atom. The zero-order valence-electron chi connectivity index (χ0n) is 7.59. The molecule has 0 saturated carbocycles. The fourth-order valence-electron chi connectivity index (χ4n) is 1.86. The van der Waals surface area contributed by atoms with E-state index in [-0.39, 0.29) is 0 Å². The van der Waals surface area contributed by atoms with Crippen LogP contribution in [0.25, 0.3) is 0 Å². The van der Waals surface area contributed by atoms with Gasteiger partial charge in [-0.25, -0.2) is 0 Å². The Labute approximate surface area is 84.1 Å². The van der Waals surface area contributed by atoms with Crippen LogP contribution in [0.5, 0.6) is 0 Å². The van der Waals surface area contributed by atoms with Gasteiger partial charge in [0.2, 0.25) is 0 Å². The predicted molar refractivity (Wildman–Crippen MR) is 56.1 cm³/mol. The molecule has 1 aliphatic heterocycles. The maximum absolute atomic E-state index is 6.08. The van der Waals surface area contributed by atoms with Crippen molar-refractivity contribution in [3.05, 3.63) is 34.9 Å². The fourth-order valence-corrected chi connectivity index (χ4v) is 2.08. The van der Waals surface area contributed by atoms with Gasteiger partial charge in [-0.2, -0.15) is 0 Å². The maximum atomic E-state index is 6.08. The average molecular weight is 196 g/mol. The van der Waals surface area contributed by atoms with E-state index in [2.05, 4.69) is 17.4 Å². The Morgan fingerprint density at radius 2 is 2.23 bits per heavy atom. The van der Waals surface area contributed by atoms with Crippen molar-refractivity contribution in [1.82, 2.24) is 5.32 Å². The zero-order valence-corrected chi connectivity index (χ0v) is 8.35. The lowest BCUT2D eigenvalue weighted by atomic mass is 9.99. The molecule has 1 saturated heterocycles. The van der Waals surface area contributed by atoms with E-state index >= 15 is 0 Å². The van der Waals surface area contributed by atoms with E-state index in [9.17, 15) is 0 Å². The van der Waals surface area contributed by atoms with Crippen LogP contribution in [0.2, 0.25) is 5.02 Å². The second kappa shape index (κ2) is 4.12. The molecule has 1 nitrogen and oxygen atoms in total. The van der Waals surface area contributed by atoms with E-state index < -0.39 is 0 Å². The van der Waals surface area contributed by atoms with Gasteiger partial charge in [-0.1, -0.05) is 29.8 Å². The monoisotopic (exact) mass is 195 g/mol. The highest BCUT2D eigenvalue weighted by Crippen LogP contribution is 2.21. The minimum Gasteiger partial charge on any atom is -0.316 e. The van der Waals surface area contributed by atoms with Crippen molar-refractivity contribution in [1.29, 1.82) is 0 Å². The number of benzene rings is 1. The third kappa shape index (κ3) is 2.23. The molecule has 1 aliphatic rings. The first-order valence-corrected chi connectivity index (χ1v) is 5.18. The lowest BCUT2D eigenvalue weighted by Gasteiger charge is -2.09. The van der Waals surface area contributed by atoms with Crippen LogP contribution in [0.15, 0.2) is 24.3 Å². The summed E-state index contributed by atoms with van der Waals surface area (Å²) in [5.74, 6) is 0.778. The van der Waals surface area contributed by atoms with E-state index in [1.807, 2.05) is 12.1 Å². The summed E-state index contributed by atoms with van der Waals surface area (Å²) in [4.78, 5) is 0. The zero-order chi connectivity index (χ0) is 9.10. The molecule has 1 heterocycles. The summed E-state index contributed by atoms with van der Waals surface area (Å²) in [5, 5.41) is 4.28. The Kier molecular flexibility index (Phi) is 2.87. The summed E-state index contributed by atoms with van der Waals surface area (Å²) in [6.07, 6.45) is 2.40. The van der Waals surface area contributed by atoms with Crippen molar-refractivity contribution in [3.8, 4) is 0 Å². The predicted octanol–water partition coefficient (Wildman–Crippen LogP) is 2.49. The fraction of sp³-hybridized carbons (Fsp3) is 0.455. The van der Waals surface area contributed by atoms with Gasteiger partial charge in [0.15, 0.2) is 0 Å². The Balaban J connectivity index is 2.04. The number of nitrogens with one attached hydrogen (secondary N) is 1. The molecule has 13 heavy (non-hydrogen) atoms. The van der Waals surface area contributed by atoms with Gasteiger partial charge in [0.05, 0.1) is 0 Å². The molecule has 1 aromatic carbocycles. The molecule has 0 aromatic heterocycles. The highest BCUT2D eigenvalue weighted by Gasteiger charge is 2.15. The van der Waals surface area contributed by atoms with E-state index in [1.165, 1.54) is 12.0 Å². The highest BCUT2D eigenvalue weighted by atomic mass is 35.5. The van der Waals surface area contributed by atoms with Gasteiger partial charge in [-0.15, -0.1) is 0 Å². The van der Waals surface area contributed by atoms with Crippen LogP contribution in [0.4, 0.5) is 0 Å². The third-order valence-corrected chi connectivity index (χ3v) is 3.00. The summed E-state index contributed by atoms with van der Waals surface area (Å²) in [7, 11) is 0. The summed E-state index contributed by atoms with van der Waals surface area (Å²) < 4.78 is 0. The van der Waals surface area contributed by atoms with E-state index in [1.54, 1.807) is 0 Å². The molecule has 2 heteroatoms. The maximum Gasteiger partial charge on any atom is 0.0438 e.